The third-order valence-corrected chi connectivity index (χ3v) is 7.28. The third kappa shape index (κ3) is 2.20. The molecule has 0 radical (unpaired) electrons. The van der Waals surface area contributed by atoms with Gasteiger partial charge < -0.3 is 9.64 Å². The molecular weight excluding hydrogens is 298 g/mol. The topological polar surface area (TPSA) is 29.5 Å². The molecule has 1 aromatic carbocycles. The molecule has 2 bridgehead atoms. The highest BCUT2D eigenvalue weighted by Gasteiger charge is 2.65. The molecule has 3 saturated carbocycles. The average molecular weight is 325 g/mol. The fourth-order valence-corrected chi connectivity index (χ4v) is 6.20. The second-order valence-electron chi connectivity index (χ2n) is 8.76. The van der Waals surface area contributed by atoms with E-state index in [-0.39, 0.29) is 18.2 Å². The predicted molar refractivity (Wildman–Crippen MR) is 92.4 cm³/mol. The van der Waals surface area contributed by atoms with E-state index in [0.29, 0.717) is 17.3 Å². The lowest BCUT2D eigenvalue weighted by atomic mass is 9.75. The van der Waals surface area contributed by atoms with Gasteiger partial charge in [-0.15, -0.1) is 0 Å². The van der Waals surface area contributed by atoms with E-state index in [4.69, 9.17) is 4.74 Å². The summed E-state index contributed by atoms with van der Waals surface area (Å²) in [7, 11) is 0. The van der Waals surface area contributed by atoms with Crippen molar-refractivity contribution in [3.63, 3.8) is 0 Å². The van der Waals surface area contributed by atoms with Gasteiger partial charge in [0.15, 0.2) is 0 Å². The van der Waals surface area contributed by atoms with Crippen LogP contribution in [0, 0.1) is 23.2 Å². The molecular formula is C21H27NO2. The maximum Gasteiger partial charge on any atom is 0.410 e. The predicted octanol–water partition coefficient (Wildman–Crippen LogP) is 4.78. The van der Waals surface area contributed by atoms with Gasteiger partial charge in [-0.1, -0.05) is 37.3 Å². The van der Waals surface area contributed by atoms with Gasteiger partial charge >= 0.3 is 6.09 Å². The first kappa shape index (κ1) is 14.8. The zero-order chi connectivity index (χ0) is 16.3. The SMILES string of the molecule is CC1CC23CC(CC2C3)C1OC(=O)N1CCCC1c1ccccc1. The fourth-order valence-electron chi connectivity index (χ4n) is 6.20. The molecule has 0 N–H and O–H groups in total. The van der Waals surface area contributed by atoms with E-state index in [1.54, 1.807) is 0 Å². The van der Waals surface area contributed by atoms with Crippen LogP contribution in [-0.2, 0) is 4.74 Å². The number of fused-ring (bicyclic) bond motifs is 1. The second kappa shape index (κ2) is 5.24. The summed E-state index contributed by atoms with van der Waals surface area (Å²) in [4.78, 5) is 14.9. The van der Waals surface area contributed by atoms with Crippen LogP contribution in [0.5, 0.6) is 0 Å². The van der Waals surface area contributed by atoms with E-state index in [1.165, 1.54) is 31.2 Å². The van der Waals surface area contributed by atoms with Gasteiger partial charge in [0.05, 0.1) is 6.04 Å². The van der Waals surface area contributed by atoms with Crippen LogP contribution in [0.15, 0.2) is 30.3 Å². The first-order chi connectivity index (χ1) is 11.7. The van der Waals surface area contributed by atoms with E-state index >= 15 is 0 Å². The monoisotopic (exact) mass is 325 g/mol. The maximum absolute atomic E-state index is 12.9. The van der Waals surface area contributed by atoms with Gasteiger partial charge in [0.1, 0.15) is 6.10 Å². The molecule has 1 aromatic rings. The van der Waals surface area contributed by atoms with E-state index in [1.807, 2.05) is 11.0 Å². The van der Waals surface area contributed by atoms with Crippen molar-refractivity contribution in [2.75, 3.05) is 6.54 Å². The van der Waals surface area contributed by atoms with Crippen LogP contribution in [0.2, 0.25) is 0 Å². The van der Waals surface area contributed by atoms with Gasteiger partial charge in [0.25, 0.3) is 0 Å². The number of amides is 1. The Balaban J connectivity index is 1.30. The van der Waals surface area contributed by atoms with Crippen LogP contribution in [0.3, 0.4) is 0 Å². The van der Waals surface area contributed by atoms with Gasteiger partial charge in [0.2, 0.25) is 0 Å². The molecule has 3 aliphatic carbocycles. The normalized spacial score (nSPS) is 42.7. The summed E-state index contributed by atoms with van der Waals surface area (Å²) in [5.74, 6) is 2.09. The standard InChI is InChI=1S/C21H27NO2/c1-14-11-21-12-16(10-17(21)13-21)19(14)24-20(23)22-9-5-8-18(22)15-6-3-2-4-7-15/h2-4,6-7,14,16-19H,5,8-13H2,1H3. The van der Waals surface area contributed by atoms with Crippen molar-refractivity contribution in [3.8, 4) is 0 Å². The summed E-state index contributed by atoms with van der Waals surface area (Å²) in [5, 5.41) is 0. The van der Waals surface area contributed by atoms with Crippen molar-refractivity contribution in [1.82, 2.24) is 4.90 Å². The summed E-state index contributed by atoms with van der Waals surface area (Å²) in [6, 6.07) is 10.6. The summed E-state index contributed by atoms with van der Waals surface area (Å²) < 4.78 is 6.12. The van der Waals surface area contributed by atoms with Crippen LogP contribution in [0.4, 0.5) is 4.79 Å². The van der Waals surface area contributed by atoms with Gasteiger partial charge in [-0.2, -0.15) is 0 Å². The van der Waals surface area contributed by atoms with Crippen molar-refractivity contribution in [3.05, 3.63) is 35.9 Å². The minimum absolute atomic E-state index is 0.0743. The Kier molecular flexibility index (Phi) is 3.23. The highest BCUT2D eigenvalue weighted by Crippen LogP contribution is 2.72. The van der Waals surface area contributed by atoms with E-state index in [9.17, 15) is 4.79 Å². The molecule has 6 unspecified atom stereocenters. The number of rotatable bonds is 2. The molecule has 4 fully saturated rings. The van der Waals surface area contributed by atoms with Crippen molar-refractivity contribution >= 4 is 6.09 Å². The molecule has 3 nitrogen and oxygen atoms in total. The van der Waals surface area contributed by atoms with Gasteiger partial charge in [0, 0.05) is 6.54 Å². The number of likely N-dealkylation sites (tertiary alicyclic amines) is 1. The number of carbonyl (C=O) groups is 1. The summed E-state index contributed by atoms with van der Waals surface area (Å²) in [5.41, 5.74) is 1.90. The van der Waals surface area contributed by atoms with Gasteiger partial charge in [-0.05, 0) is 67.3 Å². The molecule has 3 heteroatoms. The molecule has 1 aliphatic heterocycles. The minimum atomic E-state index is -0.0743. The maximum atomic E-state index is 12.9. The Morgan fingerprint density at radius 2 is 2.04 bits per heavy atom. The lowest BCUT2D eigenvalue weighted by Crippen LogP contribution is -2.41. The van der Waals surface area contributed by atoms with Crippen LogP contribution >= 0.6 is 0 Å². The lowest BCUT2D eigenvalue weighted by molar-refractivity contribution is -0.0210. The molecule has 128 valence electrons. The Morgan fingerprint density at radius 1 is 1.21 bits per heavy atom. The van der Waals surface area contributed by atoms with Crippen LogP contribution < -0.4 is 0 Å². The van der Waals surface area contributed by atoms with Gasteiger partial charge in [-0.3, -0.25) is 0 Å². The minimum Gasteiger partial charge on any atom is -0.446 e. The smallest absolute Gasteiger partial charge is 0.410 e. The van der Waals surface area contributed by atoms with Crippen molar-refractivity contribution in [2.24, 2.45) is 23.2 Å². The molecule has 1 saturated heterocycles. The highest BCUT2D eigenvalue weighted by molar-refractivity contribution is 5.69. The van der Waals surface area contributed by atoms with Crippen LogP contribution in [-0.4, -0.2) is 23.6 Å². The Hall–Kier alpha value is -1.51. The first-order valence-electron chi connectivity index (χ1n) is 9.68. The summed E-state index contributed by atoms with van der Waals surface area (Å²) in [6.45, 7) is 3.13. The van der Waals surface area contributed by atoms with Crippen LogP contribution in [0.25, 0.3) is 0 Å². The fraction of sp³-hybridized carbons (Fsp3) is 0.667. The zero-order valence-electron chi connectivity index (χ0n) is 14.5. The largest absolute Gasteiger partial charge is 0.446 e. The highest BCUT2D eigenvalue weighted by atomic mass is 16.6. The summed E-state index contributed by atoms with van der Waals surface area (Å²) in [6.07, 6.45) is 7.51. The molecule has 0 aromatic heterocycles. The number of hydrogen-bond acceptors (Lipinski definition) is 2. The molecule has 5 rings (SSSR count). The molecule has 4 aliphatic rings. The quantitative estimate of drug-likeness (QED) is 0.783. The Labute approximate surface area is 144 Å². The molecule has 1 heterocycles. The average Bonchev–Trinajstić information content (AvgIpc) is 2.97. The number of ether oxygens (including phenoxy) is 1. The van der Waals surface area contributed by atoms with Gasteiger partial charge in [-0.25, -0.2) is 4.79 Å². The van der Waals surface area contributed by atoms with Crippen molar-refractivity contribution < 1.29 is 9.53 Å². The Morgan fingerprint density at radius 3 is 2.88 bits per heavy atom. The van der Waals surface area contributed by atoms with E-state index < -0.39 is 0 Å². The van der Waals surface area contributed by atoms with E-state index in [0.717, 1.165) is 25.3 Å². The first-order valence-corrected chi connectivity index (χ1v) is 9.68. The lowest BCUT2D eigenvalue weighted by Gasteiger charge is -2.38. The number of carbonyl (C=O) groups excluding carboxylic acids is 1. The van der Waals surface area contributed by atoms with Crippen LogP contribution in [0.1, 0.15) is 57.1 Å². The Bertz CT molecular complexity index is 644. The zero-order valence-corrected chi connectivity index (χ0v) is 14.5. The number of hydrogen-bond donors (Lipinski definition) is 0. The molecule has 6 atom stereocenters. The van der Waals surface area contributed by atoms with Crippen molar-refractivity contribution in [2.45, 2.75) is 57.6 Å². The summed E-state index contributed by atoms with van der Waals surface area (Å²) >= 11 is 0. The number of nitrogens with zero attached hydrogens (tertiary/aromatic N) is 1. The molecule has 1 amide bonds. The number of benzene rings is 1. The third-order valence-electron chi connectivity index (χ3n) is 7.28. The van der Waals surface area contributed by atoms with E-state index in [2.05, 4.69) is 31.2 Å². The van der Waals surface area contributed by atoms with Crippen molar-refractivity contribution in [1.29, 1.82) is 0 Å². The molecule has 1 spiro atoms. The second-order valence-corrected chi connectivity index (χ2v) is 8.76. The molecule has 24 heavy (non-hydrogen) atoms.